The molecule has 0 unspecified atom stereocenters. The number of carbonyl (C=O) groups is 3. The van der Waals surface area contributed by atoms with Crippen LogP contribution in [0, 0.1) is 6.92 Å². The normalized spacial score (nSPS) is 12.9. The molecule has 0 bridgehead atoms. The molecule has 0 spiro atoms. The van der Waals surface area contributed by atoms with Gasteiger partial charge in [-0.1, -0.05) is 30.6 Å². The van der Waals surface area contributed by atoms with Crippen molar-refractivity contribution >= 4 is 23.4 Å². The summed E-state index contributed by atoms with van der Waals surface area (Å²) in [5.74, 6) is -0.294. The van der Waals surface area contributed by atoms with Crippen LogP contribution in [0.1, 0.15) is 56.7 Å². The number of aromatic nitrogens is 2. The second kappa shape index (κ2) is 7.90. The summed E-state index contributed by atoms with van der Waals surface area (Å²) in [6.45, 7) is 4.06. The van der Waals surface area contributed by atoms with E-state index in [1.54, 1.807) is 37.3 Å². The smallest absolute Gasteiger partial charge is 0.261 e. The van der Waals surface area contributed by atoms with Gasteiger partial charge in [0.05, 0.1) is 16.8 Å². The summed E-state index contributed by atoms with van der Waals surface area (Å²) in [5, 5.41) is 6.73. The lowest BCUT2D eigenvalue weighted by Gasteiger charge is -2.12. The molecule has 0 atom stereocenters. The molecule has 1 aromatic heterocycles. The minimum atomic E-state index is -0.405. The van der Waals surface area contributed by atoms with Crippen molar-refractivity contribution in [2.45, 2.75) is 26.7 Å². The van der Waals surface area contributed by atoms with Crippen molar-refractivity contribution in [3.05, 3.63) is 65.0 Å². The molecule has 3 aromatic rings. The number of imide groups is 1. The molecule has 2 heterocycles. The van der Waals surface area contributed by atoms with E-state index < -0.39 is 5.91 Å². The molecule has 1 N–H and O–H groups in total. The van der Waals surface area contributed by atoms with Crippen LogP contribution in [-0.2, 0) is 0 Å². The molecule has 8 nitrogen and oxygen atoms in total. The van der Waals surface area contributed by atoms with Crippen LogP contribution in [0.4, 0.5) is 5.69 Å². The van der Waals surface area contributed by atoms with Crippen molar-refractivity contribution in [3.8, 4) is 11.4 Å². The fourth-order valence-corrected chi connectivity index (χ4v) is 3.34. The van der Waals surface area contributed by atoms with Gasteiger partial charge in [0.1, 0.15) is 0 Å². The Morgan fingerprint density at radius 2 is 1.83 bits per heavy atom. The van der Waals surface area contributed by atoms with E-state index in [0.29, 0.717) is 35.1 Å². The van der Waals surface area contributed by atoms with Crippen molar-refractivity contribution in [2.24, 2.45) is 0 Å². The highest BCUT2D eigenvalue weighted by Crippen LogP contribution is 2.27. The molecule has 2 aromatic carbocycles. The fraction of sp³-hybridized carbons (Fsp3) is 0.227. The molecule has 0 aliphatic carbocycles. The first-order valence-corrected chi connectivity index (χ1v) is 9.71. The van der Waals surface area contributed by atoms with E-state index in [-0.39, 0.29) is 22.9 Å². The van der Waals surface area contributed by atoms with Gasteiger partial charge in [-0.05, 0) is 36.8 Å². The van der Waals surface area contributed by atoms with E-state index >= 15 is 0 Å². The molecule has 0 radical (unpaired) electrons. The Morgan fingerprint density at radius 3 is 2.57 bits per heavy atom. The SMILES string of the molecule is CCCCN1C(=O)c2ccc(C(=O)Nc3ccccc3-c3noc(C)n3)cc2C1=O. The van der Waals surface area contributed by atoms with Crippen LogP contribution in [0.25, 0.3) is 11.4 Å². The number of hydrogen-bond acceptors (Lipinski definition) is 6. The van der Waals surface area contributed by atoms with Crippen LogP contribution in [0.2, 0.25) is 0 Å². The van der Waals surface area contributed by atoms with E-state index in [2.05, 4.69) is 15.5 Å². The van der Waals surface area contributed by atoms with Gasteiger partial charge in [0.2, 0.25) is 11.7 Å². The van der Waals surface area contributed by atoms with Crippen LogP contribution in [0.15, 0.2) is 47.0 Å². The first kappa shape index (κ1) is 19.5. The summed E-state index contributed by atoms with van der Waals surface area (Å²) in [5.41, 5.74) is 1.99. The number of para-hydroxylation sites is 1. The number of fused-ring (bicyclic) bond motifs is 1. The Morgan fingerprint density at radius 1 is 1.07 bits per heavy atom. The summed E-state index contributed by atoms with van der Waals surface area (Å²) in [6.07, 6.45) is 1.62. The summed E-state index contributed by atoms with van der Waals surface area (Å²) in [7, 11) is 0. The maximum atomic E-state index is 12.9. The Hall–Kier alpha value is -3.81. The van der Waals surface area contributed by atoms with Crippen molar-refractivity contribution in [1.29, 1.82) is 0 Å². The second-order valence-corrected chi connectivity index (χ2v) is 7.01. The van der Waals surface area contributed by atoms with Crippen LogP contribution >= 0.6 is 0 Å². The van der Waals surface area contributed by atoms with Gasteiger partial charge < -0.3 is 9.84 Å². The van der Waals surface area contributed by atoms with Crippen LogP contribution in [-0.4, -0.2) is 39.3 Å². The number of aryl methyl sites for hydroxylation is 1. The molecule has 0 saturated carbocycles. The number of nitrogens with zero attached hydrogens (tertiary/aromatic N) is 3. The third-order valence-corrected chi connectivity index (χ3v) is 4.91. The topological polar surface area (TPSA) is 105 Å². The van der Waals surface area contributed by atoms with Gasteiger partial charge in [0.15, 0.2) is 0 Å². The third-order valence-electron chi connectivity index (χ3n) is 4.91. The van der Waals surface area contributed by atoms with Crippen molar-refractivity contribution < 1.29 is 18.9 Å². The van der Waals surface area contributed by atoms with E-state index in [0.717, 1.165) is 12.8 Å². The number of rotatable bonds is 6. The molecule has 152 valence electrons. The molecule has 0 fully saturated rings. The van der Waals surface area contributed by atoms with Crippen LogP contribution in [0.3, 0.4) is 0 Å². The molecule has 3 amide bonds. The Bertz CT molecular complexity index is 1150. The van der Waals surface area contributed by atoms with E-state index in [1.165, 1.54) is 17.0 Å². The molecule has 1 aliphatic rings. The van der Waals surface area contributed by atoms with Crippen molar-refractivity contribution in [2.75, 3.05) is 11.9 Å². The average molecular weight is 404 g/mol. The highest BCUT2D eigenvalue weighted by molar-refractivity contribution is 6.22. The Balaban J connectivity index is 1.59. The number of unbranched alkanes of at least 4 members (excludes halogenated alkanes) is 1. The number of benzene rings is 2. The quantitative estimate of drug-likeness (QED) is 0.628. The fourth-order valence-electron chi connectivity index (χ4n) is 3.34. The predicted octanol–water partition coefficient (Wildman–Crippen LogP) is 3.69. The lowest BCUT2D eigenvalue weighted by molar-refractivity contribution is 0.0652. The van der Waals surface area contributed by atoms with Crippen molar-refractivity contribution in [1.82, 2.24) is 15.0 Å². The monoisotopic (exact) mass is 404 g/mol. The zero-order valence-electron chi connectivity index (χ0n) is 16.6. The zero-order chi connectivity index (χ0) is 21.3. The van der Waals surface area contributed by atoms with E-state index in [1.807, 2.05) is 6.92 Å². The van der Waals surface area contributed by atoms with Gasteiger partial charge in [0.25, 0.3) is 17.7 Å². The van der Waals surface area contributed by atoms with Gasteiger partial charge in [0, 0.05) is 24.6 Å². The number of hydrogen-bond donors (Lipinski definition) is 1. The van der Waals surface area contributed by atoms with Crippen molar-refractivity contribution in [3.63, 3.8) is 0 Å². The van der Waals surface area contributed by atoms with Gasteiger partial charge in [-0.3, -0.25) is 19.3 Å². The van der Waals surface area contributed by atoms with Gasteiger partial charge in [-0.2, -0.15) is 4.98 Å². The zero-order valence-corrected chi connectivity index (χ0v) is 16.6. The number of amides is 3. The summed E-state index contributed by atoms with van der Waals surface area (Å²) < 4.78 is 5.03. The molecule has 8 heteroatoms. The van der Waals surface area contributed by atoms with Gasteiger partial charge >= 0.3 is 0 Å². The van der Waals surface area contributed by atoms with E-state index in [9.17, 15) is 14.4 Å². The van der Waals surface area contributed by atoms with Gasteiger partial charge in [-0.15, -0.1) is 0 Å². The largest absolute Gasteiger partial charge is 0.339 e. The van der Waals surface area contributed by atoms with E-state index in [4.69, 9.17) is 4.52 Å². The molecule has 0 saturated heterocycles. The number of nitrogens with one attached hydrogen (secondary N) is 1. The minimum Gasteiger partial charge on any atom is -0.339 e. The molecule has 1 aliphatic heterocycles. The number of carbonyl (C=O) groups excluding carboxylic acids is 3. The molecular weight excluding hydrogens is 384 g/mol. The molecule has 30 heavy (non-hydrogen) atoms. The number of anilines is 1. The lowest BCUT2D eigenvalue weighted by Crippen LogP contribution is -2.30. The lowest BCUT2D eigenvalue weighted by atomic mass is 10.0. The molecular formula is C22H20N4O4. The summed E-state index contributed by atoms with van der Waals surface area (Å²) in [6, 6.07) is 11.6. The summed E-state index contributed by atoms with van der Waals surface area (Å²) in [4.78, 5) is 43.4. The first-order valence-electron chi connectivity index (χ1n) is 9.71. The predicted molar refractivity (Wildman–Crippen MR) is 109 cm³/mol. The third kappa shape index (κ3) is 3.47. The second-order valence-electron chi connectivity index (χ2n) is 7.01. The maximum Gasteiger partial charge on any atom is 0.261 e. The van der Waals surface area contributed by atoms with Gasteiger partial charge in [-0.25, -0.2) is 0 Å². The highest BCUT2D eigenvalue weighted by Gasteiger charge is 2.35. The molecule has 4 rings (SSSR count). The highest BCUT2D eigenvalue weighted by atomic mass is 16.5. The van der Waals surface area contributed by atoms with Crippen LogP contribution < -0.4 is 5.32 Å². The van der Waals surface area contributed by atoms with Crippen LogP contribution in [0.5, 0.6) is 0 Å². The Labute approximate surface area is 172 Å². The standard InChI is InChI=1S/C22H20N4O4/c1-3-4-11-26-21(28)15-10-9-14(12-17(15)22(26)29)20(27)24-18-8-6-5-7-16(18)19-23-13(2)30-25-19/h5-10,12H,3-4,11H2,1-2H3,(H,24,27). The average Bonchev–Trinajstić information content (AvgIpc) is 3.28. The maximum absolute atomic E-state index is 12.9. The Kier molecular flexibility index (Phi) is 5.14. The minimum absolute atomic E-state index is 0.255. The first-order chi connectivity index (χ1) is 14.5. The summed E-state index contributed by atoms with van der Waals surface area (Å²) >= 11 is 0.